The Morgan fingerprint density at radius 3 is 2.65 bits per heavy atom. The molecule has 92 valence electrons. The number of piperidine rings is 1. The van der Waals surface area contributed by atoms with Crippen LogP contribution in [0.4, 0.5) is 0 Å². The van der Waals surface area contributed by atoms with Gasteiger partial charge in [-0.25, -0.2) is 4.79 Å². The van der Waals surface area contributed by atoms with Crippen molar-refractivity contribution >= 4 is 17.6 Å². The van der Waals surface area contributed by atoms with E-state index in [0.717, 1.165) is 25.2 Å². The van der Waals surface area contributed by atoms with Gasteiger partial charge >= 0.3 is 5.97 Å². The molecule has 1 aromatic carbocycles. The summed E-state index contributed by atoms with van der Waals surface area (Å²) in [4.78, 5) is 13.3. The highest BCUT2D eigenvalue weighted by atomic mass is 35.5. The molecule has 0 amide bonds. The highest BCUT2D eigenvalue weighted by Crippen LogP contribution is 2.20. The zero-order chi connectivity index (χ0) is 12.3. The second kappa shape index (κ2) is 5.52. The van der Waals surface area contributed by atoms with E-state index in [9.17, 15) is 4.79 Å². The number of rotatable bonds is 3. The molecule has 3 nitrogen and oxygen atoms in total. The number of carbonyl (C=O) groups is 1. The van der Waals surface area contributed by atoms with E-state index in [1.54, 1.807) is 12.1 Å². The summed E-state index contributed by atoms with van der Waals surface area (Å²) in [6.45, 7) is 3.02. The molecule has 1 fully saturated rings. The summed E-state index contributed by atoms with van der Waals surface area (Å²) in [5.41, 5.74) is 1.22. The Morgan fingerprint density at radius 1 is 1.29 bits per heavy atom. The quantitative estimate of drug-likeness (QED) is 0.900. The van der Waals surface area contributed by atoms with Crippen LogP contribution in [0.2, 0.25) is 5.02 Å². The molecule has 0 atom stereocenters. The van der Waals surface area contributed by atoms with Gasteiger partial charge in [-0.1, -0.05) is 24.1 Å². The lowest BCUT2D eigenvalue weighted by Gasteiger charge is -2.26. The number of nitrogens with zero attached hydrogens (tertiary/aromatic N) is 1. The van der Waals surface area contributed by atoms with Gasteiger partial charge in [0.15, 0.2) is 0 Å². The van der Waals surface area contributed by atoms with Crippen molar-refractivity contribution in [1.82, 2.24) is 4.90 Å². The van der Waals surface area contributed by atoms with Crippen molar-refractivity contribution < 1.29 is 9.90 Å². The highest BCUT2D eigenvalue weighted by molar-refractivity contribution is 6.33. The Hall–Kier alpha value is -1.06. The van der Waals surface area contributed by atoms with E-state index in [1.165, 1.54) is 19.3 Å². The minimum atomic E-state index is -0.963. The van der Waals surface area contributed by atoms with Gasteiger partial charge in [0.05, 0.1) is 10.6 Å². The van der Waals surface area contributed by atoms with Gasteiger partial charge in [0, 0.05) is 6.54 Å². The topological polar surface area (TPSA) is 40.5 Å². The minimum Gasteiger partial charge on any atom is -0.478 e. The maximum absolute atomic E-state index is 11.0. The fourth-order valence-corrected chi connectivity index (χ4v) is 2.41. The molecule has 1 saturated heterocycles. The third-order valence-corrected chi connectivity index (χ3v) is 3.45. The van der Waals surface area contributed by atoms with E-state index in [0.29, 0.717) is 5.02 Å². The summed E-state index contributed by atoms with van der Waals surface area (Å²) in [6, 6.07) is 5.26. The van der Waals surface area contributed by atoms with Gasteiger partial charge in [-0.2, -0.15) is 0 Å². The summed E-state index contributed by atoms with van der Waals surface area (Å²) in [5.74, 6) is -0.963. The number of likely N-dealkylation sites (tertiary alicyclic amines) is 1. The summed E-state index contributed by atoms with van der Waals surface area (Å²) < 4.78 is 0. The third kappa shape index (κ3) is 3.20. The van der Waals surface area contributed by atoms with Gasteiger partial charge < -0.3 is 5.11 Å². The summed E-state index contributed by atoms with van der Waals surface area (Å²) >= 11 is 5.84. The molecule has 1 aliphatic rings. The van der Waals surface area contributed by atoms with Gasteiger partial charge in [-0.3, -0.25) is 4.90 Å². The van der Waals surface area contributed by atoms with Crippen LogP contribution in [0.5, 0.6) is 0 Å². The molecule has 0 bridgehead atoms. The number of hydrogen-bond donors (Lipinski definition) is 1. The van der Waals surface area contributed by atoms with Gasteiger partial charge in [0.25, 0.3) is 0 Å². The van der Waals surface area contributed by atoms with Crippen LogP contribution in [-0.2, 0) is 6.54 Å². The highest BCUT2D eigenvalue weighted by Gasteiger charge is 2.13. The first kappa shape index (κ1) is 12.4. The van der Waals surface area contributed by atoms with Gasteiger partial charge in [0.2, 0.25) is 0 Å². The normalized spacial score (nSPS) is 17.0. The van der Waals surface area contributed by atoms with Crippen molar-refractivity contribution in [1.29, 1.82) is 0 Å². The molecule has 1 heterocycles. The Morgan fingerprint density at radius 2 is 2.00 bits per heavy atom. The van der Waals surface area contributed by atoms with E-state index in [-0.39, 0.29) is 5.56 Å². The number of halogens is 1. The fraction of sp³-hybridized carbons (Fsp3) is 0.462. The Balaban J connectivity index is 2.10. The minimum absolute atomic E-state index is 0.196. The number of hydrogen-bond acceptors (Lipinski definition) is 2. The summed E-state index contributed by atoms with van der Waals surface area (Å²) in [7, 11) is 0. The van der Waals surface area contributed by atoms with Crippen molar-refractivity contribution in [2.24, 2.45) is 0 Å². The molecule has 2 rings (SSSR count). The Kier molecular flexibility index (Phi) is 4.02. The summed E-state index contributed by atoms with van der Waals surface area (Å²) in [6.07, 6.45) is 3.77. The molecule has 17 heavy (non-hydrogen) atoms. The molecule has 1 N–H and O–H groups in total. The van der Waals surface area contributed by atoms with Crippen LogP contribution in [0, 0.1) is 0 Å². The lowest BCUT2D eigenvalue weighted by atomic mass is 10.1. The van der Waals surface area contributed by atoms with Crippen molar-refractivity contribution in [3.63, 3.8) is 0 Å². The predicted octanol–water partition coefficient (Wildman–Crippen LogP) is 3.02. The van der Waals surface area contributed by atoms with Crippen LogP contribution in [0.25, 0.3) is 0 Å². The molecule has 0 saturated carbocycles. The molecule has 1 aromatic rings. The standard InChI is InChI=1S/C13H16ClNO2/c14-12-5-4-10(8-11(12)13(16)17)9-15-6-2-1-3-7-15/h4-5,8H,1-3,6-7,9H2,(H,16,17). The number of carboxylic acids is 1. The van der Waals surface area contributed by atoms with Crippen LogP contribution in [0.3, 0.4) is 0 Å². The van der Waals surface area contributed by atoms with Crippen LogP contribution < -0.4 is 0 Å². The molecule has 0 aromatic heterocycles. The van der Waals surface area contributed by atoms with E-state index < -0.39 is 5.97 Å². The van der Waals surface area contributed by atoms with Gasteiger partial charge in [-0.15, -0.1) is 0 Å². The Labute approximate surface area is 106 Å². The number of carboxylic acid groups (broad SMARTS) is 1. The van der Waals surface area contributed by atoms with Crippen molar-refractivity contribution in [2.45, 2.75) is 25.8 Å². The second-order valence-corrected chi connectivity index (χ2v) is 4.86. The van der Waals surface area contributed by atoms with Crippen molar-refractivity contribution in [3.05, 3.63) is 34.3 Å². The van der Waals surface area contributed by atoms with E-state index in [1.807, 2.05) is 6.07 Å². The predicted molar refractivity (Wildman–Crippen MR) is 67.5 cm³/mol. The van der Waals surface area contributed by atoms with Gasteiger partial charge in [-0.05, 0) is 43.6 Å². The lowest BCUT2D eigenvalue weighted by molar-refractivity contribution is 0.0697. The van der Waals surface area contributed by atoms with E-state index >= 15 is 0 Å². The number of benzene rings is 1. The average molecular weight is 254 g/mol. The maximum Gasteiger partial charge on any atom is 0.337 e. The first-order chi connectivity index (χ1) is 8.16. The first-order valence-corrected chi connectivity index (χ1v) is 6.28. The molecule has 4 heteroatoms. The van der Waals surface area contributed by atoms with Crippen molar-refractivity contribution in [2.75, 3.05) is 13.1 Å². The largest absolute Gasteiger partial charge is 0.478 e. The average Bonchev–Trinajstić information content (AvgIpc) is 2.32. The fourth-order valence-electron chi connectivity index (χ4n) is 2.21. The summed E-state index contributed by atoms with van der Waals surface area (Å²) in [5, 5.41) is 9.30. The molecule has 1 aliphatic heterocycles. The molecule has 0 unspecified atom stereocenters. The number of aromatic carboxylic acids is 1. The van der Waals surface area contributed by atoms with E-state index in [2.05, 4.69) is 4.90 Å². The van der Waals surface area contributed by atoms with Gasteiger partial charge in [0.1, 0.15) is 0 Å². The molecule has 0 radical (unpaired) electrons. The monoisotopic (exact) mass is 253 g/mol. The molecular formula is C13H16ClNO2. The van der Waals surface area contributed by atoms with Crippen LogP contribution in [0.15, 0.2) is 18.2 Å². The van der Waals surface area contributed by atoms with Crippen LogP contribution in [0.1, 0.15) is 35.2 Å². The smallest absolute Gasteiger partial charge is 0.337 e. The van der Waals surface area contributed by atoms with Crippen LogP contribution in [-0.4, -0.2) is 29.1 Å². The third-order valence-electron chi connectivity index (χ3n) is 3.12. The zero-order valence-electron chi connectivity index (χ0n) is 9.66. The van der Waals surface area contributed by atoms with E-state index in [4.69, 9.17) is 16.7 Å². The maximum atomic E-state index is 11.0. The van der Waals surface area contributed by atoms with Crippen molar-refractivity contribution in [3.8, 4) is 0 Å². The Bertz CT molecular complexity index is 414. The molecule has 0 aliphatic carbocycles. The zero-order valence-corrected chi connectivity index (χ0v) is 10.4. The lowest BCUT2D eigenvalue weighted by Crippen LogP contribution is -2.29. The second-order valence-electron chi connectivity index (χ2n) is 4.46. The van der Waals surface area contributed by atoms with Crippen LogP contribution >= 0.6 is 11.6 Å². The SMILES string of the molecule is O=C(O)c1cc(CN2CCCCC2)ccc1Cl. The molecule has 0 spiro atoms. The first-order valence-electron chi connectivity index (χ1n) is 5.91. The molecular weight excluding hydrogens is 238 g/mol.